The Morgan fingerprint density at radius 1 is 0.897 bits per heavy atom. The highest BCUT2D eigenvalue weighted by Crippen LogP contribution is 2.27. The second-order valence-corrected chi connectivity index (χ2v) is 8.10. The van der Waals surface area contributed by atoms with Crippen LogP contribution in [0.5, 0.6) is 0 Å². The summed E-state index contributed by atoms with van der Waals surface area (Å²) in [7, 11) is 0. The lowest BCUT2D eigenvalue weighted by atomic mass is 9.95. The molecule has 0 aliphatic carbocycles. The van der Waals surface area contributed by atoms with E-state index in [9.17, 15) is 9.59 Å². The number of carbonyl (C=O) groups is 2. The Kier molecular flexibility index (Phi) is 6.06. The maximum Gasteiger partial charge on any atom is 0.310 e. The molecule has 2 aromatic carbocycles. The molecule has 4 rings (SSSR count). The molecular weight excluding hydrogens is 382 g/mol. The first-order valence-corrected chi connectivity index (χ1v) is 10.7. The van der Waals surface area contributed by atoms with E-state index in [0.717, 1.165) is 11.1 Å². The molecule has 0 bridgehead atoms. The van der Waals surface area contributed by atoms with Gasteiger partial charge in [0.25, 0.3) is 0 Å². The zero-order valence-electron chi connectivity index (χ0n) is 16.1. The highest BCUT2D eigenvalue weighted by atomic mass is 32.1. The summed E-state index contributed by atoms with van der Waals surface area (Å²) >= 11 is 1.67. The van der Waals surface area contributed by atoms with Crippen molar-refractivity contribution in [3.05, 3.63) is 93.7 Å². The number of benzene rings is 2. The number of rotatable bonds is 7. The highest BCUT2D eigenvalue weighted by Gasteiger charge is 2.29. The van der Waals surface area contributed by atoms with Crippen molar-refractivity contribution in [1.29, 1.82) is 0 Å². The average molecular weight is 406 g/mol. The zero-order valence-corrected chi connectivity index (χ0v) is 16.9. The summed E-state index contributed by atoms with van der Waals surface area (Å²) in [4.78, 5) is 27.6. The van der Waals surface area contributed by atoms with Crippen molar-refractivity contribution in [3.63, 3.8) is 0 Å². The molecule has 0 radical (unpaired) electrons. The van der Waals surface area contributed by atoms with Crippen LogP contribution < -0.4 is 0 Å². The number of carbonyl (C=O) groups excluding carboxylic acids is 2. The number of hydrogen-bond acceptors (Lipinski definition) is 4. The third-order valence-corrected chi connectivity index (χ3v) is 6.05. The first-order chi connectivity index (χ1) is 14.2. The topological polar surface area (TPSA) is 46.6 Å². The number of thiophene rings is 1. The van der Waals surface area contributed by atoms with Gasteiger partial charge in [-0.2, -0.15) is 11.3 Å². The molecule has 29 heavy (non-hydrogen) atoms. The van der Waals surface area contributed by atoms with Crippen LogP contribution in [-0.2, 0) is 40.4 Å². The fourth-order valence-electron chi connectivity index (χ4n) is 3.59. The third-order valence-electron chi connectivity index (χ3n) is 5.21. The van der Waals surface area contributed by atoms with E-state index in [1.165, 1.54) is 11.1 Å². The summed E-state index contributed by atoms with van der Waals surface area (Å²) in [5, 5.41) is 4.19. The number of ether oxygens (including phenoxy) is 1. The fourth-order valence-corrected chi connectivity index (χ4v) is 4.44. The Labute approximate surface area is 174 Å². The van der Waals surface area contributed by atoms with Crippen molar-refractivity contribution in [2.75, 3.05) is 0 Å². The minimum absolute atomic E-state index is 0.00351. The molecule has 0 spiro atoms. The lowest BCUT2D eigenvalue weighted by Gasteiger charge is -2.20. The summed E-state index contributed by atoms with van der Waals surface area (Å²) < 4.78 is 5.56. The standard InChI is InChI=1S/C24H23NO3S/c26-23(25-13-21-16-29-17-22(21)14-25)12-20(11-18-7-3-1-4-8-18)24(27)28-15-19-9-5-2-6-10-19/h1-10,16-17,20H,11-15H2. The Morgan fingerprint density at radius 3 is 2.10 bits per heavy atom. The van der Waals surface area contributed by atoms with Gasteiger partial charge in [0.15, 0.2) is 0 Å². The maximum atomic E-state index is 12.9. The molecule has 1 amide bonds. The molecule has 1 aliphatic rings. The van der Waals surface area contributed by atoms with E-state index in [2.05, 4.69) is 10.8 Å². The maximum absolute atomic E-state index is 12.9. The van der Waals surface area contributed by atoms with Crippen LogP contribution in [0.2, 0.25) is 0 Å². The largest absolute Gasteiger partial charge is 0.461 e. The molecule has 1 unspecified atom stereocenters. The monoisotopic (exact) mass is 405 g/mol. The molecular formula is C24H23NO3S. The Hall–Kier alpha value is -2.92. The molecule has 148 valence electrons. The van der Waals surface area contributed by atoms with Gasteiger partial charge in [-0.25, -0.2) is 0 Å². The highest BCUT2D eigenvalue weighted by molar-refractivity contribution is 7.08. The van der Waals surface area contributed by atoms with Gasteiger partial charge in [-0.05, 0) is 39.4 Å². The number of fused-ring (bicyclic) bond motifs is 1. The molecule has 1 atom stereocenters. The first-order valence-electron chi connectivity index (χ1n) is 9.75. The van der Waals surface area contributed by atoms with Crippen molar-refractivity contribution >= 4 is 23.2 Å². The van der Waals surface area contributed by atoms with Gasteiger partial charge < -0.3 is 9.64 Å². The summed E-state index contributed by atoms with van der Waals surface area (Å²) in [6.45, 7) is 1.49. The normalized spacial score (nSPS) is 13.7. The zero-order chi connectivity index (χ0) is 20.1. The molecule has 0 saturated carbocycles. The van der Waals surface area contributed by atoms with E-state index in [4.69, 9.17) is 4.74 Å². The van der Waals surface area contributed by atoms with Gasteiger partial charge in [0, 0.05) is 19.5 Å². The lowest BCUT2D eigenvalue weighted by Crippen LogP contribution is -2.31. The molecule has 0 saturated heterocycles. The van der Waals surface area contributed by atoms with Gasteiger partial charge in [0.05, 0.1) is 5.92 Å². The Bertz CT molecular complexity index is 948. The van der Waals surface area contributed by atoms with E-state index in [1.54, 1.807) is 11.3 Å². The third kappa shape index (κ3) is 4.93. The van der Waals surface area contributed by atoms with Crippen LogP contribution in [0.4, 0.5) is 0 Å². The van der Waals surface area contributed by atoms with Gasteiger partial charge in [-0.15, -0.1) is 0 Å². The van der Waals surface area contributed by atoms with Crippen LogP contribution >= 0.6 is 11.3 Å². The van der Waals surface area contributed by atoms with E-state index in [1.807, 2.05) is 65.6 Å². The van der Waals surface area contributed by atoms with Crippen LogP contribution in [0.3, 0.4) is 0 Å². The van der Waals surface area contributed by atoms with Crippen molar-refractivity contribution in [3.8, 4) is 0 Å². The van der Waals surface area contributed by atoms with E-state index in [-0.39, 0.29) is 24.9 Å². The molecule has 1 aliphatic heterocycles. The lowest BCUT2D eigenvalue weighted by molar-refractivity contribution is -0.152. The summed E-state index contributed by atoms with van der Waals surface area (Å²) in [5.41, 5.74) is 4.40. The van der Waals surface area contributed by atoms with Gasteiger partial charge in [0.1, 0.15) is 6.61 Å². The molecule has 1 aromatic heterocycles. The van der Waals surface area contributed by atoms with Crippen LogP contribution in [0, 0.1) is 5.92 Å². The van der Waals surface area contributed by atoms with E-state index < -0.39 is 5.92 Å². The average Bonchev–Trinajstić information content (AvgIpc) is 3.35. The van der Waals surface area contributed by atoms with Gasteiger partial charge in [0.2, 0.25) is 5.91 Å². The van der Waals surface area contributed by atoms with Crippen molar-refractivity contribution in [2.45, 2.75) is 32.5 Å². The minimum atomic E-state index is -0.494. The second-order valence-electron chi connectivity index (χ2n) is 7.36. The van der Waals surface area contributed by atoms with E-state index in [0.29, 0.717) is 19.5 Å². The molecule has 2 heterocycles. The van der Waals surface area contributed by atoms with E-state index >= 15 is 0 Å². The summed E-state index contributed by atoms with van der Waals surface area (Å²) in [5.74, 6) is -0.811. The van der Waals surface area contributed by atoms with Gasteiger partial charge in [-0.1, -0.05) is 60.7 Å². The second kappa shape index (κ2) is 9.05. The number of nitrogens with zero attached hydrogens (tertiary/aromatic N) is 1. The van der Waals surface area contributed by atoms with Crippen molar-refractivity contribution in [2.24, 2.45) is 5.92 Å². The van der Waals surface area contributed by atoms with Gasteiger partial charge >= 0.3 is 5.97 Å². The predicted molar refractivity (Wildman–Crippen MR) is 113 cm³/mol. The number of hydrogen-bond donors (Lipinski definition) is 0. The van der Waals surface area contributed by atoms with Crippen molar-refractivity contribution in [1.82, 2.24) is 4.90 Å². The molecule has 0 fully saturated rings. The molecule has 0 N–H and O–H groups in total. The van der Waals surface area contributed by atoms with Crippen LogP contribution in [0.15, 0.2) is 71.4 Å². The summed E-state index contributed by atoms with van der Waals surface area (Å²) in [6.07, 6.45) is 0.658. The predicted octanol–water partition coefficient (Wildman–Crippen LogP) is 4.58. The molecule has 4 nitrogen and oxygen atoms in total. The smallest absolute Gasteiger partial charge is 0.310 e. The summed E-state index contributed by atoms with van der Waals surface area (Å²) in [6, 6.07) is 19.4. The quantitative estimate of drug-likeness (QED) is 0.541. The molecule has 3 aromatic rings. The van der Waals surface area contributed by atoms with Crippen LogP contribution in [-0.4, -0.2) is 16.8 Å². The number of amides is 1. The first kappa shape index (κ1) is 19.4. The Morgan fingerprint density at radius 2 is 1.48 bits per heavy atom. The minimum Gasteiger partial charge on any atom is -0.461 e. The van der Waals surface area contributed by atoms with Crippen molar-refractivity contribution < 1.29 is 14.3 Å². The fraction of sp³-hybridized carbons (Fsp3) is 0.250. The van der Waals surface area contributed by atoms with Crippen LogP contribution in [0.25, 0.3) is 0 Å². The Balaban J connectivity index is 1.42. The van der Waals surface area contributed by atoms with Gasteiger partial charge in [-0.3, -0.25) is 9.59 Å². The number of esters is 1. The van der Waals surface area contributed by atoms with Crippen LogP contribution in [0.1, 0.15) is 28.7 Å². The SMILES string of the molecule is O=C(OCc1ccccc1)C(CC(=O)N1Cc2cscc2C1)Cc1ccccc1. The molecule has 5 heteroatoms.